The molecular formula is C22H22N4O5S2. The van der Waals surface area contributed by atoms with Gasteiger partial charge in [0.05, 0.1) is 9.79 Å². The Balaban J connectivity index is 1.41. The Morgan fingerprint density at radius 2 is 1.67 bits per heavy atom. The van der Waals surface area contributed by atoms with Crippen LogP contribution in [0.4, 0.5) is 5.69 Å². The van der Waals surface area contributed by atoms with E-state index < -0.39 is 26.0 Å². The molecule has 0 unspecified atom stereocenters. The smallest absolute Gasteiger partial charge is 0.255 e. The number of benzene rings is 2. The summed E-state index contributed by atoms with van der Waals surface area (Å²) in [7, 11) is -7.43. The van der Waals surface area contributed by atoms with Crippen LogP contribution in [0.25, 0.3) is 0 Å². The van der Waals surface area contributed by atoms with E-state index >= 15 is 0 Å². The van der Waals surface area contributed by atoms with Crippen LogP contribution in [0.3, 0.4) is 0 Å². The summed E-state index contributed by atoms with van der Waals surface area (Å²) < 4.78 is 54.8. The first-order chi connectivity index (χ1) is 15.7. The molecule has 0 bridgehead atoms. The maximum Gasteiger partial charge on any atom is 0.255 e. The van der Waals surface area contributed by atoms with Crippen LogP contribution in [0.2, 0.25) is 0 Å². The number of rotatable bonds is 9. The Morgan fingerprint density at radius 1 is 0.909 bits per heavy atom. The van der Waals surface area contributed by atoms with Crippen molar-refractivity contribution in [1.82, 2.24) is 14.4 Å². The molecule has 1 saturated carbocycles. The van der Waals surface area contributed by atoms with Crippen molar-refractivity contribution in [2.24, 2.45) is 0 Å². The molecule has 11 heteroatoms. The van der Waals surface area contributed by atoms with Crippen LogP contribution >= 0.6 is 0 Å². The van der Waals surface area contributed by atoms with Gasteiger partial charge in [0.15, 0.2) is 0 Å². The van der Waals surface area contributed by atoms with Gasteiger partial charge in [-0.3, -0.25) is 9.78 Å². The predicted molar refractivity (Wildman–Crippen MR) is 122 cm³/mol. The van der Waals surface area contributed by atoms with Gasteiger partial charge in [0.25, 0.3) is 5.91 Å². The van der Waals surface area contributed by atoms with Crippen molar-refractivity contribution in [3.63, 3.8) is 0 Å². The first-order valence-corrected chi connectivity index (χ1v) is 13.1. The molecule has 2 aromatic carbocycles. The first kappa shape index (κ1) is 23.1. The number of amides is 1. The van der Waals surface area contributed by atoms with E-state index in [0.717, 1.165) is 18.4 Å². The number of carbonyl (C=O) groups is 1. The molecule has 0 radical (unpaired) electrons. The standard InChI is InChI=1S/C22H22N4O5S2/c27-22(17-4-1-5-21(13-17)33(30,31)26-19-6-7-19)25-18-8-10-20(11-9-18)32(28,29)24-15-16-3-2-12-23-14-16/h1-5,8-14,19,24,26H,6-7,15H2,(H,25,27). The van der Waals surface area contributed by atoms with Gasteiger partial charge in [0, 0.05) is 36.2 Å². The summed E-state index contributed by atoms with van der Waals surface area (Å²) in [6.07, 6.45) is 4.79. The van der Waals surface area contributed by atoms with Crippen molar-refractivity contribution < 1.29 is 21.6 Å². The summed E-state index contributed by atoms with van der Waals surface area (Å²) in [5, 5.41) is 2.65. The van der Waals surface area contributed by atoms with Crippen LogP contribution in [-0.4, -0.2) is 33.8 Å². The zero-order chi connectivity index (χ0) is 23.5. The number of hydrogen-bond acceptors (Lipinski definition) is 6. The Hall–Kier alpha value is -3.12. The number of aromatic nitrogens is 1. The Kier molecular flexibility index (Phi) is 6.56. The molecule has 1 aromatic heterocycles. The largest absolute Gasteiger partial charge is 0.322 e. The second-order valence-corrected chi connectivity index (χ2v) is 11.1. The van der Waals surface area contributed by atoms with Crippen molar-refractivity contribution in [3.05, 3.63) is 84.2 Å². The Labute approximate surface area is 192 Å². The van der Waals surface area contributed by atoms with Crippen LogP contribution in [0.15, 0.2) is 82.8 Å². The second-order valence-electron chi connectivity index (χ2n) is 7.59. The SMILES string of the molecule is O=C(Nc1ccc(S(=O)(=O)NCc2cccnc2)cc1)c1cccc(S(=O)(=O)NC2CC2)c1. The molecule has 0 saturated heterocycles. The molecule has 4 rings (SSSR count). The monoisotopic (exact) mass is 486 g/mol. The van der Waals surface area contributed by atoms with Gasteiger partial charge in [-0.05, 0) is 66.9 Å². The van der Waals surface area contributed by atoms with E-state index in [2.05, 4.69) is 19.7 Å². The highest BCUT2D eigenvalue weighted by Crippen LogP contribution is 2.23. The fourth-order valence-electron chi connectivity index (χ4n) is 2.98. The molecule has 3 aromatic rings. The molecule has 0 aliphatic heterocycles. The topological polar surface area (TPSA) is 134 Å². The maximum atomic E-state index is 12.6. The third kappa shape index (κ3) is 6.02. The third-order valence-electron chi connectivity index (χ3n) is 4.92. The maximum absolute atomic E-state index is 12.6. The molecule has 9 nitrogen and oxygen atoms in total. The van der Waals surface area contributed by atoms with Gasteiger partial charge in [-0.1, -0.05) is 12.1 Å². The Bertz CT molecular complexity index is 1360. The van der Waals surface area contributed by atoms with E-state index in [1.54, 1.807) is 24.5 Å². The number of carbonyl (C=O) groups excluding carboxylic acids is 1. The minimum Gasteiger partial charge on any atom is -0.322 e. The number of pyridine rings is 1. The van der Waals surface area contributed by atoms with Crippen molar-refractivity contribution in [2.75, 3.05) is 5.32 Å². The van der Waals surface area contributed by atoms with Gasteiger partial charge in [-0.25, -0.2) is 26.3 Å². The van der Waals surface area contributed by atoms with Gasteiger partial charge in [0.2, 0.25) is 20.0 Å². The number of nitrogens with one attached hydrogen (secondary N) is 3. The summed E-state index contributed by atoms with van der Waals surface area (Å²) in [4.78, 5) is 16.6. The molecule has 1 fully saturated rings. The van der Waals surface area contributed by atoms with Crippen molar-refractivity contribution >= 4 is 31.6 Å². The highest BCUT2D eigenvalue weighted by atomic mass is 32.2. The number of nitrogens with zero attached hydrogens (tertiary/aromatic N) is 1. The van der Waals surface area contributed by atoms with Crippen molar-refractivity contribution in [3.8, 4) is 0 Å². The van der Waals surface area contributed by atoms with Crippen LogP contribution < -0.4 is 14.8 Å². The predicted octanol–water partition coefficient (Wildman–Crippen LogP) is 2.25. The fourth-order valence-corrected chi connectivity index (χ4v) is 5.35. The van der Waals surface area contributed by atoms with Crippen molar-refractivity contribution in [1.29, 1.82) is 0 Å². The molecule has 1 amide bonds. The van der Waals surface area contributed by atoms with Gasteiger partial charge in [0.1, 0.15) is 0 Å². The van der Waals surface area contributed by atoms with Gasteiger partial charge in [-0.15, -0.1) is 0 Å². The van der Waals surface area contributed by atoms with Crippen LogP contribution in [0.5, 0.6) is 0 Å². The van der Waals surface area contributed by atoms with Crippen LogP contribution in [0.1, 0.15) is 28.8 Å². The molecule has 3 N–H and O–H groups in total. The average molecular weight is 487 g/mol. The molecular weight excluding hydrogens is 464 g/mol. The summed E-state index contributed by atoms with van der Waals surface area (Å²) in [5.41, 5.74) is 1.26. The summed E-state index contributed by atoms with van der Waals surface area (Å²) in [6, 6.07) is 14.9. The van der Waals surface area contributed by atoms with Crippen molar-refractivity contribution in [2.45, 2.75) is 35.2 Å². The molecule has 1 aliphatic rings. The number of sulfonamides is 2. The van der Waals surface area contributed by atoms with Gasteiger partial charge >= 0.3 is 0 Å². The summed E-state index contributed by atoms with van der Waals surface area (Å²) >= 11 is 0. The minimum atomic E-state index is -3.75. The summed E-state index contributed by atoms with van der Waals surface area (Å²) in [5.74, 6) is -0.510. The lowest BCUT2D eigenvalue weighted by Crippen LogP contribution is -2.26. The zero-order valence-corrected chi connectivity index (χ0v) is 19.1. The highest BCUT2D eigenvalue weighted by molar-refractivity contribution is 7.89. The zero-order valence-electron chi connectivity index (χ0n) is 17.4. The molecule has 0 atom stereocenters. The average Bonchev–Trinajstić information content (AvgIpc) is 3.62. The molecule has 1 aliphatic carbocycles. The van der Waals surface area contributed by atoms with Crippen LogP contribution in [0, 0.1) is 0 Å². The first-order valence-electron chi connectivity index (χ1n) is 10.2. The second kappa shape index (κ2) is 9.40. The lowest BCUT2D eigenvalue weighted by Gasteiger charge is -2.10. The fraction of sp³-hybridized carbons (Fsp3) is 0.182. The third-order valence-corrected chi connectivity index (χ3v) is 7.85. The van der Waals surface area contributed by atoms with E-state index in [1.807, 2.05) is 0 Å². The normalized spacial score (nSPS) is 14.1. The molecule has 0 spiro atoms. The lowest BCUT2D eigenvalue weighted by atomic mass is 10.2. The van der Waals surface area contributed by atoms with E-state index in [-0.39, 0.29) is 27.9 Å². The quantitative estimate of drug-likeness (QED) is 0.425. The highest BCUT2D eigenvalue weighted by Gasteiger charge is 2.28. The summed E-state index contributed by atoms with van der Waals surface area (Å²) in [6.45, 7) is 0.101. The lowest BCUT2D eigenvalue weighted by molar-refractivity contribution is 0.102. The number of hydrogen-bond donors (Lipinski definition) is 3. The van der Waals surface area contributed by atoms with E-state index in [9.17, 15) is 21.6 Å². The van der Waals surface area contributed by atoms with Gasteiger partial charge < -0.3 is 5.32 Å². The molecule has 33 heavy (non-hydrogen) atoms. The number of anilines is 1. The van der Waals surface area contributed by atoms with Gasteiger partial charge in [-0.2, -0.15) is 0 Å². The van der Waals surface area contributed by atoms with E-state index in [4.69, 9.17) is 0 Å². The minimum absolute atomic E-state index is 0.0168. The molecule has 172 valence electrons. The molecule has 1 heterocycles. The van der Waals surface area contributed by atoms with E-state index in [0.29, 0.717) is 5.69 Å². The van der Waals surface area contributed by atoms with E-state index in [1.165, 1.54) is 48.5 Å². The van der Waals surface area contributed by atoms with Crippen LogP contribution in [-0.2, 0) is 26.6 Å². The Morgan fingerprint density at radius 3 is 2.33 bits per heavy atom.